The Morgan fingerprint density at radius 2 is 2.13 bits per heavy atom. The van der Waals surface area contributed by atoms with Crippen molar-refractivity contribution in [3.05, 3.63) is 23.9 Å². The predicted molar refractivity (Wildman–Crippen MR) is 53.7 cm³/mol. The lowest BCUT2D eigenvalue weighted by Gasteiger charge is -2.25. The van der Waals surface area contributed by atoms with Crippen molar-refractivity contribution in [2.45, 2.75) is 19.4 Å². The topological polar surface area (TPSA) is 34.1 Å². The average Bonchev–Trinajstić information content (AvgIpc) is 2.09. The number of pyridine rings is 1. The molecule has 0 unspecified atom stereocenters. The maximum absolute atomic E-state index is 13.2. The van der Waals surface area contributed by atoms with E-state index in [1.165, 1.54) is 0 Å². The van der Waals surface area contributed by atoms with Crippen molar-refractivity contribution in [1.29, 1.82) is 0 Å². The lowest BCUT2D eigenvalue weighted by molar-refractivity contribution is 0.158. The van der Waals surface area contributed by atoms with E-state index in [0.717, 1.165) is 12.3 Å². The number of methoxy groups -OCH3 is 1. The van der Waals surface area contributed by atoms with Crippen LogP contribution in [0.2, 0.25) is 0 Å². The molecular formula is C10H14F2N2O. The van der Waals surface area contributed by atoms with E-state index in [9.17, 15) is 8.78 Å². The fourth-order valence-corrected chi connectivity index (χ4v) is 1.22. The van der Waals surface area contributed by atoms with Crippen LogP contribution in [0.4, 0.5) is 14.6 Å². The molecule has 0 bridgehead atoms. The van der Waals surface area contributed by atoms with E-state index in [2.05, 4.69) is 10.3 Å². The Bertz CT molecular complexity index is 342. The van der Waals surface area contributed by atoms with Crippen molar-refractivity contribution in [2.24, 2.45) is 0 Å². The number of aromatic nitrogens is 1. The van der Waals surface area contributed by atoms with Gasteiger partial charge in [-0.05, 0) is 13.8 Å². The molecule has 0 amide bonds. The predicted octanol–water partition coefficient (Wildman–Crippen LogP) is 2.20. The van der Waals surface area contributed by atoms with Crippen LogP contribution >= 0.6 is 0 Å². The van der Waals surface area contributed by atoms with E-state index in [1.54, 1.807) is 7.11 Å². The second-order valence-electron chi connectivity index (χ2n) is 3.93. The van der Waals surface area contributed by atoms with E-state index < -0.39 is 17.2 Å². The normalized spacial score (nSPS) is 11.5. The first-order chi connectivity index (χ1) is 6.94. The van der Waals surface area contributed by atoms with E-state index in [4.69, 9.17) is 4.74 Å². The van der Waals surface area contributed by atoms with E-state index in [-0.39, 0.29) is 5.82 Å². The van der Waals surface area contributed by atoms with E-state index >= 15 is 0 Å². The Morgan fingerprint density at radius 1 is 1.47 bits per heavy atom. The van der Waals surface area contributed by atoms with Gasteiger partial charge in [0.05, 0.1) is 18.3 Å². The third kappa shape index (κ3) is 3.43. The van der Waals surface area contributed by atoms with Crippen LogP contribution in [0.1, 0.15) is 13.8 Å². The van der Waals surface area contributed by atoms with Crippen LogP contribution in [0.15, 0.2) is 12.3 Å². The molecule has 0 aliphatic carbocycles. The first-order valence-electron chi connectivity index (χ1n) is 4.53. The number of hydrogen-bond donors (Lipinski definition) is 1. The molecule has 15 heavy (non-hydrogen) atoms. The maximum atomic E-state index is 13.2. The Morgan fingerprint density at radius 3 is 2.67 bits per heavy atom. The van der Waals surface area contributed by atoms with Gasteiger partial charge in [-0.1, -0.05) is 0 Å². The van der Waals surface area contributed by atoms with Crippen LogP contribution in [0.3, 0.4) is 0 Å². The number of halogens is 2. The van der Waals surface area contributed by atoms with E-state index in [1.807, 2.05) is 13.8 Å². The zero-order valence-electron chi connectivity index (χ0n) is 8.97. The molecule has 1 N–H and O–H groups in total. The zero-order chi connectivity index (χ0) is 11.5. The maximum Gasteiger partial charge on any atom is 0.168 e. The molecule has 0 spiro atoms. The molecule has 0 aliphatic heterocycles. The lowest BCUT2D eigenvalue weighted by atomic mass is 10.1. The summed E-state index contributed by atoms with van der Waals surface area (Å²) in [6.07, 6.45) is 0.967. The van der Waals surface area contributed by atoms with Crippen molar-refractivity contribution < 1.29 is 13.5 Å². The van der Waals surface area contributed by atoms with Gasteiger partial charge in [0.1, 0.15) is 5.82 Å². The molecule has 0 radical (unpaired) electrons. The van der Waals surface area contributed by atoms with Gasteiger partial charge in [0.15, 0.2) is 11.6 Å². The minimum atomic E-state index is -0.709. The Kier molecular flexibility index (Phi) is 3.57. The van der Waals surface area contributed by atoms with Gasteiger partial charge in [-0.2, -0.15) is 0 Å². The van der Waals surface area contributed by atoms with Gasteiger partial charge in [-0.25, -0.2) is 13.8 Å². The number of ether oxygens (including phenoxy) is 1. The zero-order valence-corrected chi connectivity index (χ0v) is 8.97. The summed E-state index contributed by atoms with van der Waals surface area (Å²) in [7, 11) is 1.55. The summed E-state index contributed by atoms with van der Waals surface area (Å²) in [5, 5.41) is 2.84. The van der Waals surface area contributed by atoms with Crippen LogP contribution in [0.5, 0.6) is 0 Å². The third-order valence-electron chi connectivity index (χ3n) is 1.77. The molecule has 5 heteroatoms. The fraction of sp³-hybridized carbons (Fsp3) is 0.500. The van der Waals surface area contributed by atoms with Crippen LogP contribution in [-0.4, -0.2) is 24.2 Å². The molecule has 84 valence electrons. The summed E-state index contributed by atoms with van der Waals surface area (Å²) in [4.78, 5) is 3.63. The highest BCUT2D eigenvalue weighted by Gasteiger charge is 2.19. The van der Waals surface area contributed by atoms with Gasteiger partial charge in [-0.3, -0.25) is 0 Å². The molecule has 1 aromatic heterocycles. The summed E-state index contributed by atoms with van der Waals surface area (Å²) in [6, 6.07) is 0.790. The van der Waals surface area contributed by atoms with Gasteiger partial charge in [0.2, 0.25) is 0 Å². The van der Waals surface area contributed by atoms with E-state index in [0.29, 0.717) is 6.61 Å². The van der Waals surface area contributed by atoms with Crippen LogP contribution in [0.25, 0.3) is 0 Å². The highest BCUT2D eigenvalue weighted by Crippen LogP contribution is 2.16. The van der Waals surface area contributed by atoms with Crippen molar-refractivity contribution in [3.63, 3.8) is 0 Å². The minimum Gasteiger partial charge on any atom is -0.382 e. The van der Waals surface area contributed by atoms with Gasteiger partial charge in [0, 0.05) is 13.2 Å². The van der Waals surface area contributed by atoms with Crippen molar-refractivity contribution in [2.75, 3.05) is 19.0 Å². The molecule has 0 aliphatic rings. The number of hydrogen-bond acceptors (Lipinski definition) is 3. The number of nitrogens with one attached hydrogen (secondary N) is 1. The second-order valence-corrected chi connectivity index (χ2v) is 3.93. The first-order valence-corrected chi connectivity index (χ1v) is 4.53. The molecule has 1 heterocycles. The summed E-state index contributed by atoms with van der Waals surface area (Å²) < 4.78 is 30.7. The molecule has 1 aromatic rings. The fourth-order valence-electron chi connectivity index (χ4n) is 1.22. The van der Waals surface area contributed by atoms with Crippen LogP contribution in [-0.2, 0) is 4.74 Å². The SMILES string of the molecule is COCC(C)(C)Nc1ncc(F)cc1F. The van der Waals surface area contributed by atoms with Gasteiger partial charge < -0.3 is 10.1 Å². The molecule has 0 saturated carbocycles. The van der Waals surface area contributed by atoms with Gasteiger partial charge in [0.25, 0.3) is 0 Å². The average molecular weight is 216 g/mol. The third-order valence-corrected chi connectivity index (χ3v) is 1.77. The van der Waals surface area contributed by atoms with Crippen LogP contribution < -0.4 is 5.32 Å². The highest BCUT2D eigenvalue weighted by atomic mass is 19.1. The summed E-state index contributed by atoms with van der Waals surface area (Å²) in [6.45, 7) is 4.06. The second kappa shape index (κ2) is 4.53. The van der Waals surface area contributed by atoms with Crippen LogP contribution in [0, 0.1) is 11.6 Å². The van der Waals surface area contributed by atoms with Gasteiger partial charge in [-0.15, -0.1) is 0 Å². The molecular weight excluding hydrogens is 202 g/mol. The van der Waals surface area contributed by atoms with Crippen molar-refractivity contribution in [1.82, 2.24) is 4.98 Å². The first kappa shape index (κ1) is 11.8. The molecule has 0 fully saturated rings. The summed E-state index contributed by atoms with van der Waals surface area (Å²) >= 11 is 0. The Hall–Kier alpha value is -1.23. The number of rotatable bonds is 4. The standard InChI is InChI=1S/C10H14F2N2O/c1-10(2,6-15-3)14-9-8(12)4-7(11)5-13-9/h4-5H,6H2,1-3H3,(H,13,14). The molecule has 0 aromatic carbocycles. The largest absolute Gasteiger partial charge is 0.382 e. The van der Waals surface area contributed by atoms with Crippen molar-refractivity contribution in [3.8, 4) is 0 Å². The highest BCUT2D eigenvalue weighted by molar-refractivity contribution is 5.38. The number of nitrogens with zero attached hydrogens (tertiary/aromatic N) is 1. The summed E-state index contributed by atoms with van der Waals surface area (Å²) in [5.41, 5.74) is -0.458. The minimum absolute atomic E-state index is 0.0263. The molecule has 3 nitrogen and oxygen atoms in total. The molecule has 0 atom stereocenters. The quantitative estimate of drug-likeness (QED) is 0.837. The summed E-state index contributed by atoms with van der Waals surface area (Å²) in [5.74, 6) is -1.37. The Labute approximate surface area is 87.5 Å². The monoisotopic (exact) mass is 216 g/mol. The smallest absolute Gasteiger partial charge is 0.168 e. The molecule has 0 saturated heterocycles. The molecule has 1 rings (SSSR count). The number of anilines is 1. The Balaban J connectivity index is 2.80. The lowest BCUT2D eigenvalue weighted by Crippen LogP contribution is -2.36. The van der Waals surface area contributed by atoms with Crippen molar-refractivity contribution >= 4 is 5.82 Å². The van der Waals surface area contributed by atoms with Gasteiger partial charge >= 0.3 is 0 Å².